The number of nitrogens with zero attached hydrogens (tertiary/aromatic N) is 2. The topological polar surface area (TPSA) is 63.8 Å². The van der Waals surface area contributed by atoms with Crippen LogP contribution in [0.4, 0.5) is 5.82 Å². The fourth-order valence-corrected chi connectivity index (χ4v) is 2.87. The first-order chi connectivity index (χ1) is 9.79. The molecule has 3 N–H and O–H groups in total. The third-order valence-electron chi connectivity index (χ3n) is 3.68. The first-order valence-corrected chi connectivity index (χ1v) is 7.28. The van der Waals surface area contributed by atoms with E-state index in [0.717, 1.165) is 48.3 Å². The zero-order chi connectivity index (χ0) is 13.9. The third kappa shape index (κ3) is 2.49. The molecule has 0 unspecified atom stereocenters. The molecule has 1 aliphatic rings. The predicted molar refractivity (Wildman–Crippen MR) is 81.5 cm³/mol. The summed E-state index contributed by atoms with van der Waals surface area (Å²) in [5.74, 6) is 7.01. The Bertz CT molecular complexity index is 627. The van der Waals surface area contributed by atoms with Gasteiger partial charge in [0.05, 0.1) is 5.02 Å². The predicted octanol–water partition coefficient (Wildman–Crippen LogP) is 3.35. The van der Waals surface area contributed by atoms with E-state index in [1.165, 1.54) is 6.42 Å². The van der Waals surface area contributed by atoms with Gasteiger partial charge in [0.1, 0.15) is 5.82 Å². The Hall–Kier alpha value is -1.65. The molecule has 1 aliphatic carbocycles. The first kappa shape index (κ1) is 13.3. The minimum Gasteiger partial charge on any atom is -0.308 e. The quantitative estimate of drug-likeness (QED) is 0.505. The van der Waals surface area contributed by atoms with Crippen molar-refractivity contribution in [2.45, 2.75) is 32.1 Å². The zero-order valence-corrected chi connectivity index (χ0v) is 12.0. The van der Waals surface area contributed by atoms with Gasteiger partial charge in [-0.15, -0.1) is 0 Å². The Morgan fingerprint density at radius 2 is 1.85 bits per heavy atom. The molecule has 0 radical (unpaired) electrons. The van der Waals surface area contributed by atoms with Gasteiger partial charge in [-0.25, -0.2) is 15.8 Å². The monoisotopic (exact) mass is 288 g/mol. The number of benzene rings is 1. The Labute approximate surface area is 123 Å². The van der Waals surface area contributed by atoms with Crippen LogP contribution in [0.25, 0.3) is 11.4 Å². The molecule has 0 saturated heterocycles. The summed E-state index contributed by atoms with van der Waals surface area (Å²) in [7, 11) is 0. The average molecular weight is 289 g/mol. The number of hydrogen-bond donors (Lipinski definition) is 2. The number of nitrogens with two attached hydrogens (primary N) is 1. The van der Waals surface area contributed by atoms with Crippen molar-refractivity contribution < 1.29 is 0 Å². The highest BCUT2D eigenvalue weighted by atomic mass is 35.5. The fraction of sp³-hybridized carbons (Fsp3) is 0.333. The van der Waals surface area contributed by atoms with Crippen LogP contribution in [0.5, 0.6) is 0 Å². The van der Waals surface area contributed by atoms with Crippen LogP contribution in [0.3, 0.4) is 0 Å². The molecule has 1 aromatic heterocycles. The third-order valence-corrected chi connectivity index (χ3v) is 4.01. The summed E-state index contributed by atoms with van der Waals surface area (Å²) in [6.07, 6.45) is 5.51. The molecule has 0 fully saturated rings. The Morgan fingerprint density at radius 1 is 1.05 bits per heavy atom. The molecule has 0 aliphatic heterocycles. The van der Waals surface area contributed by atoms with Crippen molar-refractivity contribution in [2.75, 3.05) is 5.43 Å². The highest BCUT2D eigenvalue weighted by Gasteiger charge is 2.17. The Kier molecular flexibility index (Phi) is 3.85. The average Bonchev–Trinajstić information content (AvgIpc) is 2.72. The van der Waals surface area contributed by atoms with Crippen molar-refractivity contribution in [3.05, 3.63) is 40.5 Å². The van der Waals surface area contributed by atoms with Gasteiger partial charge in [0.2, 0.25) is 0 Å². The summed E-state index contributed by atoms with van der Waals surface area (Å²) in [6, 6.07) is 7.62. The summed E-state index contributed by atoms with van der Waals surface area (Å²) >= 11 is 6.24. The number of aryl methyl sites for hydroxylation is 1. The normalized spacial score (nSPS) is 14.5. The van der Waals surface area contributed by atoms with Crippen molar-refractivity contribution in [3.8, 4) is 11.4 Å². The Balaban J connectivity index is 2.14. The molecular weight excluding hydrogens is 272 g/mol. The molecule has 104 valence electrons. The number of fused-ring (bicyclic) bond motifs is 1. The molecule has 4 nitrogen and oxygen atoms in total. The van der Waals surface area contributed by atoms with E-state index in [1.54, 1.807) is 0 Å². The second-order valence-electron chi connectivity index (χ2n) is 5.01. The van der Waals surface area contributed by atoms with Gasteiger partial charge < -0.3 is 5.43 Å². The highest BCUT2D eigenvalue weighted by Crippen LogP contribution is 2.30. The summed E-state index contributed by atoms with van der Waals surface area (Å²) in [5.41, 5.74) is 5.81. The van der Waals surface area contributed by atoms with Crippen LogP contribution in [0.15, 0.2) is 24.3 Å². The Morgan fingerprint density at radius 3 is 2.65 bits per heavy atom. The smallest absolute Gasteiger partial charge is 0.163 e. The first-order valence-electron chi connectivity index (χ1n) is 6.91. The van der Waals surface area contributed by atoms with Crippen LogP contribution in [0.2, 0.25) is 5.02 Å². The molecule has 5 heteroatoms. The van der Waals surface area contributed by atoms with E-state index < -0.39 is 0 Å². The van der Waals surface area contributed by atoms with Gasteiger partial charge in [0, 0.05) is 16.8 Å². The van der Waals surface area contributed by atoms with Crippen LogP contribution < -0.4 is 11.3 Å². The zero-order valence-electron chi connectivity index (χ0n) is 11.2. The number of hydrazine groups is 1. The number of hydrogen-bond acceptors (Lipinski definition) is 4. The lowest BCUT2D eigenvalue weighted by atomic mass is 10.1. The number of halogens is 1. The lowest BCUT2D eigenvalue weighted by Crippen LogP contribution is -2.14. The fourth-order valence-electron chi connectivity index (χ4n) is 2.65. The van der Waals surface area contributed by atoms with E-state index >= 15 is 0 Å². The molecule has 1 aromatic carbocycles. The number of nitrogen functional groups attached to an aromatic ring is 1. The van der Waals surface area contributed by atoms with Gasteiger partial charge >= 0.3 is 0 Å². The van der Waals surface area contributed by atoms with Crippen molar-refractivity contribution in [1.29, 1.82) is 0 Å². The summed E-state index contributed by atoms with van der Waals surface area (Å²) in [4.78, 5) is 9.27. The highest BCUT2D eigenvalue weighted by molar-refractivity contribution is 6.33. The van der Waals surface area contributed by atoms with Crippen LogP contribution in [-0.4, -0.2) is 9.97 Å². The summed E-state index contributed by atoms with van der Waals surface area (Å²) in [6.45, 7) is 0. The minimum atomic E-state index is 0.643. The van der Waals surface area contributed by atoms with Crippen molar-refractivity contribution in [2.24, 2.45) is 5.84 Å². The van der Waals surface area contributed by atoms with Gasteiger partial charge in [-0.3, -0.25) is 0 Å². The number of anilines is 1. The molecular formula is C15H17ClN4. The van der Waals surface area contributed by atoms with E-state index in [0.29, 0.717) is 10.8 Å². The van der Waals surface area contributed by atoms with Crippen molar-refractivity contribution in [1.82, 2.24) is 9.97 Å². The SMILES string of the molecule is NNc1nc(-c2ccccc2Cl)nc2c1CCCCC2. The van der Waals surface area contributed by atoms with Crippen LogP contribution in [0, 0.1) is 0 Å². The molecule has 0 amide bonds. The molecule has 1 heterocycles. The van der Waals surface area contributed by atoms with Crippen LogP contribution >= 0.6 is 11.6 Å². The van der Waals surface area contributed by atoms with Gasteiger partial charge in [0.15, 0.2) is 5.82 Å². The van der Waals surface area contributed by atoms with Gasteiger partial charge in [-0.05, 0) is 37.8 Å². The van der Waals surface area contributed by atoms with Crippen LogP contribution in [-0.2, 0) is 12.8 Å². The van der Waals surface area contributed by atoms with Crippen molar-refractivity contribution >= 4 is 17.4 Å². The largest absolute Gasteiger partial charge is 0.308 e. The molecule has 0 saturated carbocycles. The molecule has 2 aromatic rings. The lowest BCUT2D eigenvalue weighted by Gasteiger charge is -2.13. The van der Waals surface area contributed by atoms with Gasteiger partial charge in [-0.2, -0.15) is 0 Å². The molecule has 0 atom stereocenters. The number of rotatable bonds is 2. The summed E-state index contributed by atoms with van der Waals surface area (Å²) in [5, 5.41) is 0.657. The van der Waals surface area contributed by atoms with E-state index in [-0.39, 0.29) is 0 Å². The second-order valence-corrected chi connectivity index (χ2v) is 5.41. The van der Waals surface area contributed by atoms with Crippen LogP contribution in [0.1, 0.15) is 30.5 Å². The molecule has 0 spiro atoms. The second kappa shape index (κ2) is 5.77. The van der Waals surface area contributed by atoms with Crippen molar-refractivity contribution in [3.63, 3.8) is 0 Å². The van der Waals surface area contributed by atoms with E-state index in [2.05, 4.69) is 10.4 Å². The van der Waals surface area contributed by atoms with E-state index in [4.69, 9.17) is 22.4 Å². The van der Waals surface area contributed by atoms with E-state index in [1.807, 2.05) is 24.3 Å². The molecule has 3 rings (SSSR count). The maximum absolute atomic E-state index is 6.24. The number of aromatic nitrogens is 2. The molecule has 20 heavy (non-hydrogen) atoms. The van der Waals surface area contributed by atoms with Gasteiger partial charge in [-0.1, -0.05) is 30.2 Å². The maximum atomic E-state index is 6.24. The molecule has 0 bridgehead atoms. The summed E-state index contributed by atoms with van der Waals surface area (Å²) < 4.78 is 0. The number of nitrogens with one attached hydrogen (secondary N) is 1. The lowest BCUT2D eigenvalue weighted by molar-refractivity contribution is 0.709. The van der Waals surface area contributed by atoms with E-state index in [9.17, 15) is 0 Å². The standard InChI is InChI=1S/C15H17ClN4/c16-12-8-5-4-6-10(12)14-18-13-9-3-1-2-7-11(13)15(19-14)20-17/h4-6,8H,1-3,7,9,17H2,(H,18,19,20). The van der Waals surface area contributed by atoms with Gasteiger partial charge in [0.25, 0.3) is 0 Å². The minimum absolute atomic E-state index is 0.643. The maximum Gasteiger partial charge on any atom is 0.163 e.